The third-order valence-electron chi connectivity index (χ3n) is 5.37. The standard InChI is InChI=1S/C20H21F2N3O4S/c21-15-5-4-6-16(13-15)23-19(26)24-10-9-20(18(22)14-24)25(11-12-29-20)30(27,28)17-7-2-1-3-8-17/h1-8,13,18H,9-12,14H2,(H,23,26). The van der Waals surface area contributed by atoms with Crippen LogP contribution in [0, 0.1) is 5.82 Å². The van der Waals surface area contributed by atoms with E-state index in [1.807, 2.05) is 0 Å². The van der Waals surface area contributed by atoms with Gasteiger partial charge in [-0.1, -0.05) is 24.3 Å². The molecule has 2 heterocycles. The first-order valence-corrected chi connectivity index (χ1v) is 10.9. The summed E-state index contributed by atoms with van der Waals surface area (Å²) < 4.78 is 61.6. The number of amides is 2. The molecule has 2 fully saturated rings. The predicted molar refractivity (Wildman–Crippen MR) is 106 cm³/mol. The molecule has 2 aromatic rings. The van der Waals surface area contributed by atoms with E-state index in [0.29, 0.717) is 0 Å². The molecule has 2 amide bonds. The van der Waals surface area contributed by atoms with Crippen molar-refractivity contribution in [1.82, 2.24) is 9.21 Å². The van der Waals surface area contributed by atoms with E-state index in [4.69, 9.17) is 4.74 Å². The van der Waals surface area contributed by atoms with Crippen LogP contribution in [0.15, 0.2) is 59.5 Å². The summed E-state index contributed by atoms with van der Waals surface area (Å²) in [5.74, 6) is -0.505. The largest absolute Gasteiger partial charge is 0.355 e. The van der Waals surface area contributed by atoms with E-state index < -0.39 is 33.8 Å². The van der Waals surface area contributed by atoms with Crippen LogP contribution in [-0.2, 0) is 14.8 Å². The molecular formula is C20H21F2N3O4S. The number of rotatable bonds is 3. The molecule has 0 radical (unpaired) electrons. The molecule has 0 aromatic heterocycles. The summed E-state index contributed by atoms with van der Waals surface area (Å²) in [4.78, 5) is 13.8. The number of piperidine rings is 1. The molecule has 10 heteroatoms. The fourth-order valence-corrected chi connectivity index (χ4v) is 5.62. The minimum atomic E-state index is -3.96. The molecule has 4 rings (SSSR count). The average molecular weight is 437 g/mol. The number of nitrogens with zero attached hydrogens (tertiary/aromatic N) is 2. The number of ether oxygens (including phenoxy) is 1. The normalized spacial score (nSPS) is 24.9. The highest BCUT2D eigenvalue weighted by Gasteiger charge is 2.57. The van der Waals surface area contributed by atoms with Gasteiger partial charge in [-0.25, -0.2) is 22.0 Å². The van der Waals surface area contributed by atoms with Crippen molar-refractivity contribution in [2.45, 2.75) is 23.2 Å². The van der Waals surface area contributed by atoms with E-state index >= 15 is 4.39 Å². The first-order valence-electron chi connectivity index (χ1n) is 9.50. The van der Waals surface area contributed by atoms with Crippen LogP contribution in [0.2, 0.25) is 0 Å². The molecule has 1 N–H and O–H groups in total. The quantitative estimate of drug-likeness (QED) is 0.801. The predicted octanol–water partition coefficient (Wildman–Crippen LogP) is 2.82. The van der Waals surface area contributed by atoms with Gasteiger partial charge in [0.15, 0.2) is 11.9 Å². The summed E-state index contributed by atoms with van der Waals surface area (Å²) in [5.41, 5.74) is -1.40. The molecular weight excluding hydrogens is 416 g/mol. The van der Waals surface area contributed by atoms with E-state index in [-0.39, 0.29) is 43.2 Å². The van der Waals surface area contributed by atoms with Gasteiger partial charge in [-0.15, -0.1) is 0 Å². The minimum Gasteiger partial charge on any atom is -0.355 e. The molecule has 2 aliphatic heterocycles. The monoisotopic (exact) mass is 437 g/mol. The number of urea groups is 1. The van der Waals surface area contributed by atoms with E-state index in [1.54, 1.807) is 18.2 Å². The van der Waals surface area contributed by atoms with Gasteiger partial charge in [0.25, 0.3) is 0 Å². The zero-order valence-electron chi connectivity index (χ0n) is 16.0. The zero-order valence-corrected chi connectivity index (χ0v) is 16.8. The molecule has 0 aliphatic carbocycles. The number of anilines is 1. The van der Waals surface area contributed by atoms with Crippen molar-refractivity contribution < 1.29 is 26.7 Å². The summed E-state index contributed by atoms with van der Waals surface area (Å²) >= 11 is 0. The van der Waals surface area contributed by atoms with Crippen molar-refractivity contribution in [3.63, 3.8) is 0 Å². The lowest BCUT2D eigenvalue weighted by molar-refractivity contribution is -0.134. The van der Waals surface area contributed by atoms with Crippen LogP contribution in [0.1, 0.15) is 6.42 Å². The molecule has 2 aromatic carbocycles. The summed E-state index contributed by atoms with van der Waals surface area (Å²) in [7, 11) is -3.96. The van der Waals surface area contributed by atoms with Crippen molar-refractivity contribution in [3.05, 3.63) is 60.4 Å². The second-order valence-electron chi connectivity index (χ2n) is 7.19. The third-order valence-corrected chi connectivity index (χ3v) is 7.31. The van der Waals surface area contributed by atoms with Crippen molar-refractivity contribution in [2.24, 2.45) is 0 Å². The summed E-state index contributed by atoms with van der Waals surface area (Å²) in [5, 5.41) is 2.53. The second-order valence-corrected chi connectivity index (χ2v) is 9.05. The van der Waals surface area contributed by atoms with Gasteiger partial charge in [-0.2, -0.15) is 4.31 Å². The fourth-order valence-electron chi connectivity index (χ4n) is 3.89. The number of alkyl halides is 1. The first kappa shape index (κ1) is 20.7. The van der Waals surface area contributed by atoms with Crippen LogP contribution < -0.4 is 5.32 Å². The number of sulfonamides is 1. The third kappa shape index (κ3) is 3.66. The van der Waals surface area contributed by atoms with Crippen molar-refractivity contribution in [1.29, 1.82) is 0 Å². The molecule has 0 bridgehead atoms. The lowest BCUT2D eigenvalue weighted by Gasteiger charge is -2.44. The summed E-state index contributed by atoms with van der Waals surface area (Å²) in [6.45, 7) is -0.153. The molecule has 0 saturated carbocycles. The Morgan fingerprint density at radius 3 is 2.60 bits per heavy atom. The molecule has 7 nitrogen and oxygen atoms in total. The van der Waals surface area contributed by atoms with Crippen molar-refractivity contribution >= 4 is 21.7 Å². The Balaban J connectivity index is 1.51. The maximum atomic E-state index is 15.3. The molecule has 2 aliphatic rings. The Bertz CT molecular complexity index is 1040. The van der Waals surface area contributed by atoms with E-state index in [9.17, 15) is 17.6 Å². The summed E-state index contributed by atoms with van der Waals surface area (Å²) in [6.07, 6.45) is -1.76. The molecule has 2 atom stereocenters. The number of carbonyl (C=O) groups is 1. The van der Waals surface area contributed by atoms with Crippen LogP contribution in [-0.4, -0.2) is 61.8 Å². The van der Waals surface area contributed by atoms with Gasteiger partial charge < -0.3 is 15.0 Å². The van der Waals surface area contributed by atoms with Crippen molar-refractivity contribution in [3.8, 4) is 0 Å². The SMILES string of the molecule is O=C(Nc1cccc(F)c1)N1CCC2(OCCN2S(=O)(=O)c2ccccc2)C(F)C1. The van der Waals surface area contributed by atoms with Gasteiger partial charge in [0.05, 0.1) is 18.0 Å². The van der Waals surface area contributed by atoms with Crippen LogP contribution in [0.3, 0.4) is 0 Å². The summed E-state index contributed by atoms with van der Waals surface area (Å²) in [6, 6.07) is 12.6. The Kier molecular flexibility index (Phi) is 5.48. The highest BCUT2D eigenvalue weighted by atomic mass is 32.2. The number of benzene rings is 2. The van der Waals surface area contributed by atoms with E-state index in [2.05, 4.69) is 5.32 Å². The van der Waals surface area contributed by atoms with Gasteiger partial charge >= 0.3 is 6.03 Å². The number of carbonyl (C=O) groups excluding carboxylic acids is 1. The van der Waals surface area contributed by atoms with Crippen LogP contribution in [0.4, 0.5) is 19.3 Å². The fraction of sp³-hybridized carbons (Fsp3) is 0.350. The van der Waals surface area contributed by atoms with Crippen molar-refractivity contribution in [2.75, 3.05) is 31.6 Å². The number of likely N-dealkylation sites (tertiary alicyclic amines) is 1. The van der Waals surface area contributed by atoms with Gasteiger partial charge in [0.1, 0.15) is 5.82 Å². The lowest BCUT2D eigenvalue weighted by atomic mass is 9.99. The molecule has 160 valence electrons. The molecule has 1 spiro atoms. The Labute approximate surface area is 173 Å². The van der Waals surface area contributed by atoms with Crippen LogP contribution >= 0.6 is 0 Å². The van der Waals surface area contributed by atoms with E-state index in [1.165, 1.54) is 35.2 Å². The lowest BCUT2D eigenvalue weighted by Crippen LogP contribution is -2.63. The minimum absolute atomic E-state index is 0.0171. The molecule has 30 heavy (non-hydrogen) atoms. The maximum Gasteiger partial charge on any atom is 0.321 e. The van der Waals surface area contributed by atoms with Gasteiger partial charge in [-0.3, -0.25) is 0 Å². The Hall–Kier alpha value is -2.56. The number of hydrogen-bond donors (Lipinski definition) is 1. The highest BCUT2D eigenvalue weighted by Crippen LogP contribution is 2.40. The topological polar surface area (TPSA) is 79.0 Å². The van der Waals surface area contributed by atoms with Gasteiger partial charge in [0, 0.05) is 25.2 Å². The second kappa shape index (κ2) is 7.93. The van der Waals surface area contributed by atoms with Gasteiger partial charge in [0.2, 0.25) is 10.0 Å². The maximum absolute atomic E-state index is 15.3. The van der Waals surface area contributed by atoms with Gasteiger partial charge in [-0.05, 0) is 30.3 Å². The number of hydrogen-bond acceptors (Lipinski definition) is 4. The highest BCUT2D eigenvalue weighted by molar-refractivity contribution is 7.89. The Morgan fingerprint density at radius 1 is 1.13 bits per heavy atom. The van der Waals surface area contributed by atoms with Crippen LogP contribution in [0.5, 0.6) is 0 Å². The average Bonchev–Trinajstić information content (AvgIpc) is 3.16. The smallest absolute Gasteiger partial charge is 0.321 e. The van der Waals surface area contributed by atoms with Crippen LogP contribution in [0.25, 0.3) is 0 Å². The number of nitrogens with one attached hydrogen (secondary N) is 1. The van der Waals surface area contributed by atoms with E-state index in [0.717, 1.165) is 10.4 Å². The zero-order chi connectivity index (χ0) is 21.4. The molecule has 2 unspecified atom stereocenters. The first-order chi connectivity index (χ1) is 14.3. The number of halogens is 2. The Morgan fingerprint density at radius 2 is 1.90 bits per heavy atom. The molecule has 2 saturated heterocycles.